The average Bonchev–Trinajstić information content (AvgIpc) is 3.21. The number of aromatic nitrogens is 3. The molecule has 0 unspecified atom stereocenters. The van der Waals surface area contributed by atoms with E-state index in [1.165, 1.54) is 11.1 Å². The van der Waals surface area contributed by atoms with E-state index in [1.807, 2.05) is 33.7 Å². The van der Waals surface area contributed by atoms with Crippen molar-refractivity contribution >= 4 is 33.0 Å². The predicted molar refractivity (Wildman–Crippen MR) is 99.2 cm³/mol. The van der Waals surface area contributed by atoms with Gasteiger partial charge >= 0.3 is 0 Å². The Kier molecular flexibility index (Phi) is 4.33. The van der Waals surface area contributed by atoms with Crippen molar-refractivity contribution in [3.8, 4) is 0 Å². The number of aryl methyl sites for hydroxylation is 2. The van der Waals surface area contributed by atoms with Gasteiger partial charge in [0.25, 0.3) is 5.56 Å². The van der Waals surface area contributed by atoms with E-state index in [0.717, 1.165) is 42.0 Å². The molecule has 0 spiro atoms. The van der Waals surface area contributed by atoms with E-state index in [4.69, 9.17) is 0 Å². The van der Waals surface area contributed by atoms with Gasteiger partial charge in [-0.15, -0.1) is 11.3 Å². The van der Waals surface area contributed by atoms with Gasteiger partial charge in [-0.3, -0.25) is 14.0 Å². The second-order valence-corrected chi connectivity index (χ2v) is 7.60. The van der Waals surface area contributed by atoms with E-state index in [0.29, 0.717) is 24.9 Å². The third-order valence-electron chi connectivity index (χ3n) is 4.93. The number of piperidine rings is 1. The normalized spacial score (nSPS) is 15.3. The van der Waals surface area contributed by atoms with Gasteiger partial charge in [-0.05, 0) is 50.1 Å². The highest BCUT2D eigenvalue weighted by Gasteiger charge is 2.17. The van der Waals surface area contributed by atoms with Gasteiger partial charge in [0.2, 0.25) is 5.91 Å². The van der Waals surface area contributed by atoms with Gasteiger partial charge in [-0.2, -0.15) is 5.10 Å². The Morgan fingerprint density at radius 3 is 2.84 bits per heavy atom. The van der Waals surface area contributed by atoms with Crippen LogP contribution in [0.5, 0.6) is 0 Å². The van der Waals surface area contributed by atoms with E-state index < -0.39 is 0 Å². The Hall–Kier alpha value is -2.15. The number of amides is 1. The molecular weight excluding hydrogens is 336 g/mol. The molecule has 3 aromatic heterocycles. The molecule has 0 aliphatic carbocycles. The number of rotatable bonds is 4. The van der Waals surface area contributed by atoms with Crippen molar-refractivity contribution in [2.75, 3.05) is 13.1 Å². The molecule has 1 saturated heterocycles. The molecule has 6 nitrogen and oxygen atoms in total. The summed E-state index contributed by atoms with van der Waals surface area (Å²) in [6, 6.07) is 3.95. The van der Waals surface area contributed by atoms with E-state index in [9.17, 15) is 9.59 Å². The van der Waals surface area contributed by atoms with Crippen LogP contribution in [0.4, 0.5) is 0 Å². The molecule has 1 aliphatic rings. The second-order valence-electron chi connectivity index (χ2n) is 6.66. The maximum Gasteiger partial charge on any atom is 0.291 e. The summed E-state index contributed by atoms with van der Waals surface area (Å²) >= 11 is 1.63. The quantitative estimate of drug-likeness (QED) is 0.720. The molecular formula is C18H22N4O2S. The number of carbonyl (C=O) groups is 1. The summed E-state index contributed by atoms with van der Waals surface area (Å²) in [7, 11) is 0. The van der Waals surface area contributed by atoms with Crippen LogP contribution in [-0.4, -0.2) is 38.1 Å². The molecule has 25 heavy (non-hydrogen) atoms. The van der Waals surface area contributed by atoms with Crippen LogP contribution >= 0.6 is 11.3 Å². The maximum absolute atomic E-state index is 12.7. The molecule has 0 saturated carbocycles. The Balaban J connectivity index is 1.50. The van der Waals surface area contributed by atoms with Gasteiger partial charge in [0.05, 0.1) is 10.2 Å². The summed E-state index contributed by atoms with van der Waals surface area (Å²) < 4.78 is 4.53. The molecule has 132 valence electrons. The lowest BCUT2D eigenvalue weighted by Crippen LogP contribution is -2.35. The van der Waals surface area contributed by atoms with E-state index >= 15 is 0 Å². The van der Waals surface area contributed by atoms with E-state index in [1.54, 1.807) is 11.3 Å². The molecule has 4 heterocycles. The summed E-state index contributed by atoms with van der Waals surface area (Å²) in [5.74, 6) is 0.999. The van der Waals surface area contributed by atoms with Gasteiger partial charge in [0.15, 0.2) is 0 Å². The van der Waals surface area contributed by atoms with Gasteiger partial charge in [-0.1, -0.05) is 0 Å². The fourth-order valence-electron chi connectivity index (χ4n) is 3.66. The zero-order chi connectivity index (χ0) is 17.4. The molecule has 7 heteroatoms. The zero-order valence-electron chi connectivity index (χ0n) is 14.4. The van der Waals surface area contributed by atoms with Crippen molar-refractivity contribution in [2.24, 2.45) is 0 Å². The first-order valence-corrected chi connectivity index (χ1v) is 9.77. The molecule has 1 amide bonds. The minimum Gasteiger partial charge on any atom is -0.343 e. The monoisotopic (exact) mass is 358 g/mol. The summed E-state index contributed by atoms with van der Waals surface area (Å²) in [5.41, 5.74) is 1.62. The predicted octanol–water partition coefficient (Wildman–Crippen LogP) is 2.81. The fraction of sp³-hybridized carbons (Fsp3) is 0.500. The third kappa shape index (κ3) is 2.97. The highest BCUT2D eigenvalue weighted by Crippen LogP contribution is 2.24. The van der Waals surface area contributed by atoms with Crippen LogP contribution in [-0.2, 0) is 11.3 Å². The highest BCUT2D eigenvalue weighted by atomic mass is 32.1. The lowest BCUT2D eigenvalue weighted by Gasteiger charge is -2.26. The average molecular weight is 358 g/mol. The number of hydrogen-bond acceptors (Lipinski definition) is 4. The summed E-state index contributed by atoms with van der Waals surface area (Å²) in [4.78, 5) is 26.9. The molecule has 0 N–H and O–H groups in total. The number of carbonyl (C=O) groups excluding carboxylic acids is 1. The Bertz CT molecular complexity index is 978. The summed E-state index contributed by atoms with van der Waals surface area (Å²) in [6.45, 7) is 4.15. The molecule has 0 atom stereocenters. The minimum atomic E-state index is -0.0839. The maximum atomic E-state index is 12.7. The van der Waals surface area contributed by atoms with Crippen LogP contribution in [0, 0.1) is 6.92 Å². The van der Waals surface area contributed by atoms with Gasteiger partial charge < -0.3 is 4.90 Å². The Morgan fingerprint density at radius 1 is 1.24 bits per heavy atom. The van der Waals surface area contributed by atoms with E-state index in [-0.39, 0.29) is 11.5 Å². The van der Waals surface area contributed by atoms with Crippen LogP contribution in [0.1, 0.15) is 37.9 Å². The van der Waals surface area contributed by atoms with Crippen molar-refractivity contribution in [3.63, 3.8) is 0 Å². The number of hydrogen-bond donors (Lipinski definition) is 0. The Morgan fingerprint density at radius 2 is 2.04 bits per heavy atom. The molecule has 1 fully saturated rings. The van der Waals surface area contributed by atoms with Gasteiger partial charge in [0, 0.05) is 26.1 Å². The molecule has 0 aromatic carbocycles. The first-order valence-electron chi connectivity index (χ1n) is 8.89. The highest BCUT2D eigenvalue weighted by molar-refractivity contribution is 7.17. The van der Waals surface area contributed by atoms with Crippen LogP contribution in [0.15, 0.2) is 22.3 Å². The lowest BCUT2D eigenvalue weighted by atomic mass is 10.1. The largest absolute Gasteiger partial charge is 0.343 e. The van der Waals surface area contributed by atoms with Crippen molar-refractivity contribution in [1.29, 1.82) is 0 Å². The first-order chi connectivity index (χ1) is 12.1. The molecule has 0 radical (unpaired) electrons. The van der Waals surface area contributed by atoms with Crippen molar-refractivity contribution in [1.82, 2.24) is 19.1 Å². The van der Waals surface area contributed by atoms with Crippen molar-refractivity contribution in [3.05, 3.63) is 33.7 Å². The van der Waals surface area contributed by atoms with Crippen LogP contribution in [0.2, 0.25) is 0 Å². The summed E-state index contributed by atoms with van der Waals surface area (Å²) in [6.07, 6.45) is 4.56. The van der Waals surface area contributed by atoms with E-state index in [2.05, 4.69) is 5.10 Å². The summed E-state index contributed by atoms with van der Waals surface area (Å²) in [5, 5.41) is 6.48. The fourth-order valence-corrected chi connectivity index (χ4v) is 4.46. The van der Waals surface area contributed by atoms with Gasteiger partial charge in [0.1, 0.15) is 11.3 Å². The smallest absolute Gasteiger partial charge is 0.291 e. The van der Waals surface area contributed by atoms with Gasteiger partial charge in [-0.25, -0.2) is 4.68 Å². The zero-order valence-corrected chi connectivity index (χ0v) is 15.2. The SMILES string of the molecule is Cc1nn(CCCC(=O)N2CCCCC2)c(=O)c2cc3sccc3n12. The first kappa shape index (κ1) is 16.3. The molecule has 4 rings (SSSR count). The molecule has 3 aromatic rings. The topological polar surface area (TPSA) is 59.6 Å². The van der Waals surface area contributed by atoms with Crippen molar-refractivity contribution in [2.45, 2.75) is 45.6 Å². The van der Waals surface area contributed by atoms with Crippen LogP contribution in [0.3, 0.4) is 0 Å². The lowest BCUT2D eigenvalue weighted by molar-refractivity contribution is -0.132. The number of likely N-dealkylation sites (tertiary alicyclic amines) is 1. The third-order valence-corrected chi connectivity index (χ3v) is 5.79. The number of thiophene rings is 1. The molecule has 1 aliphatic heterocycles. The molecule has 0 bridgehead atoms. The minimum absolute atomic E-state index is 0.0839. The number of nitrogens with zero attached hydrogens (tertiary/aromatic N) is 4. The van der Waals surface area contributed by atoms with Crippen LogP contribution < -0.4 is 5.56 Å². The Labute approximate surface area is 149 Å². The number of fused-ring (bicyclic) bond motifs is 3. The van der Waals surface area contributed by atoms with Crippen molar-refractivity contribution < 1.29 is 4.79 Å². The standard InChI is InChI=1S/C18H22N4O2S/c1-13-19-21(10-5-6-17(23)20-8-3-2-4-9-20)18(24)15-12-16-14(22(13)15)7-11-25-16/h7,11-12H,2-6,8-10H2,1H3. The second kappa shape index (κ2) is 6.63. The van der Waals surface area contributed by atoms with Crippen LogP contribution in [0.25, 0.3) is 15.7 Å².